The Hall–Kier alpha value is -1.42. The first-order chi connectivity index (χ1) is 7.40. The van der Waals surface area contributed by atoms with E-state index in [1.54, 1.807) is 0 Å². The molecular formula is C11H15NO3. The van der Waals surface area contributed by atoms with Crippen LogP contribution in [0, 0.1) is 0 Å². The van der Waals surface area contributed by atoms with E-state index in [0.717, 1.165) is 36.6 Å². The third-order valence-corrected chi connectivity index (χ3v) is 2.29. The number of nitrogens with one attached hydrogen (secondary N) is 1. The van der Waals surface area contributed by atoms with Gasteiger partial charge in [-0.15, -0.1) is 0 Å². The normalized spacial score (nSPS) is 12.9. The van der Waals surface area contributed by atoms with Gasteiger partial charge in [-0.1, -0.05) is 0 Å². The van der Waals surface area contributed by atoms with Crippen LogP contribution < -0.4 is 14.8 Å². The number of unbranched alkanes of at least 4 members (excludes halogenated alkanes) is 1. The van der Waals surface area contributed by atoms with Crippen molar-refractivity contribution in [2.75, 3.05) is 25.3 Å². The Kier molecular flexibility index (Phi) is 3.29. The lowest BCUT2D eigenvalue weighted by Crippen LogP contribution is -2.02. The standard InChI is InChI=1S/C11H15NO3/c13-6-2-1-5-12-9-3-4-10-11(7-9)15-8-14-10/h3-4,7,12-13H,1-2,5-6,8H2. The van der Waals surface area contributed by atoms with Crippen LogP contribution in [0.3, 0.4) is 0 Å². The molecule has 0 spiro atoms. The summed E-state index contributed by atoms with van der Waals surface area (Å²) in [4.78, 5) is 0. The van der Waals surface area contributed by atoms with Crippen molar-refractivity contribution in [1.82, 2.24) is 0 Å². The van der Waals surface area contributed by atoms with Crippen molar-refractivity contribution in [2.24, 2.45) is 0 Å². The van der Waals surface area contributed by atoms with Crippen LogP contribution in [-0.2, 0) is 0 Å². The minimum Gasteiger partial charge on any atom is -0.454 e. The molecule has 0 amide bonds. The summed E-state index contributed by atoms with van der Waals surface area (Å²) in [6, 6.07) is 5.80. The summed E-state index contributed by atoms with van der Waals surface area (Å²) in [5.74, 6) is 1.60. The zero-order valence-electron chi connectivity index (χ0n) is 8.53. The van der Waals surface area contributed by atoms with Gasteiger partial charge in [-0.25, -0.2) is 0 Å². The van der Waals surface area contributed by atoms with Crippen LogP contribution in [0.25, 0.3) is 0 Å². The first-order valence-electron chi connectivity index (χ1n) is 5.14. The number of rotatable bonds is 5. The molecule has 1 aliphatic rings. The molecule has 2 rings (SSSR count). The third-order valence-electron chi connectivity index (χ3n) is 2.29. The van der Waals surface area contributed by atoms with Crippen molar-refractivity contribution in [3.05, 3.63) is 18.2 Å². The zero-order valence-corrected chi connectivity index (χ0v) is 8.53. The molecule has 0 fully saturated rings. The van der Waals surface area contributed by atoms with E-state index in [1.807, 2.05) is 18.2 Å². The van der Waals surface area contributed by atoms with Crippen molar-refractivity contribution in [3.8, 4) is 11.5 Å². The summed E-state index contributed by atoms with van der Waals surface area (Å²) in [7, 11) is 0. The molecule has 1 aromatic rings. The number of benzene rings is 1. The van der Waals surface area contributed by atoms with E-state index < -0.39 is 0 Å². The number of hydrogen-bond acceptors (Lipinski definition) is 4. The van der Waals surface area contributed by atoms with Crippen molar-refractivity contribution < 1.29 is 14.6 Å². The molecule has 4 heteroatoms. The Balaban J connectivity index is 1.87. The predicted molar refractivity (Wildman–Crippen MR) is 57.4 cm³/mol. The Morgan fingerprint density at radius 3 is 2.93 bits per heavy atom. The molecule has 0 unspecified atom stereocenters. The third kappa shape index (κ3) is 2.53. The number of hydrogen-bond donors (Lipinski definition) is 2. The summed E-state index contributed by atoms with van der Waals surface area (Å²) in [5, 5.41) is 11.9. The second-order valence-corrected chi connectivity index (χ2v) is 3.43. The maximum Gasteiger partial charge on any atom is 0.231 e. The van der Waals surface area contributed by atoms with Crippen LogP contribution in [0.2, 0.25) is 0 Å². The summed E-state index contributed by atoms with van der Waals surface area (Å²) in [6.45, 7) is 1.42. The number of anilines is 1. The van der Waals surface area contributed by atoms with Crippen LogP contribution in [0.5, 0.6) is 11.5 Å². The maximum atomic E-state index is 8.63. The summed E-state index contributed by atoms with van der Waals surface area (Å²) < 4.78 is 10.5. The van der Waals surface area contributed by atoms with E-state index in [4.69, 9.17) is 14.6 Å². The molecule has 82 valence electrons. The highest BCUT2D eigenvalue weighted by Crippen LogP contribution is 2.34. The van der Waals surface area contributed by atoms with Gasteiger partial charge in [0.2, 0.25) is 6.79 Å². The second-order valence-electron chi connectivity index (χ2n) is 3.43. The molecule has 0 radical (unpaired) electrons. The van der Waals surface area contributed by atoms with Gasteiger partial charge in [-0.05, 0) is 25.0 Å². The number of fused-ring (bicyclic) bond motifs is 1. The van der Waals surface area contributed by atoms with Crippen molar-refractivity contribution in [3.63, 3.8) is 0 Å². The molecule has 4 nitrogen and oxygen atoms in total. The lowest BCUT2D eigenvalue weighted by Gasteiger charge is -2.06. The fourth-order valence-electron chi connectivity index (χ4n) is 1.48. The highest BCUT2D eigenvalue weighted by molar-refractivity contribution is 5.55. The van der Waals surface area contributed by atoms with Crippen molar-refractivity contribution in [2.45, 2.75) is 12.8 Å². The largest absolute Gasteiger partial charge is 0.454 e. The topological polar surface area (TPSA) is 50.7 Å². The van der Waals surface area contributed by atoms with Crippen LogP contribution >= 0.6 is 0 Å². The SMILES string of the molecule is OCCCCNc1ccc2c(c1)OCO2. The average Bonchev–Trinajstić information content (AvgIpc) is 2.71. The van der Waals surface area contributed by atoms with Gasteiger partial charge in [0.1, 0.15) is 0 Å². The molecule has 1 aromatic carbocycles. The van der Waals surface area contributed by atoms with Crippen LogP contribution in [0.4, 0.5) is 5.69 Å². The molecule has 15 heavy (non-hydrogen) atoms. The van der Waals surface area contributed by atoms with Gasteiger partial charge in [-0.2, -0.15) is 0 Å². The Labute approximate surface area is 88.8 Å². The number of aliphatic hydroxyl groups excluding tert-OH is 1. The monoisotopic (exact) mass is 209 g/mol. The highest BCUT2D eigenvalue weighted by atomic mass is 16.7. The van der Waals surface area contributed by atoms with E-state index >= 15 is 0 Å². The van der Waals surface area contributed by atoms with E-state index in [9.17, 15) is 0 Å². The van der Waals surface area contributed by atoms with E-state index in [-0.39, 0.29) is 6.61 Å². The molecule has 0 bridgehead atoms. The molecule has 0 saturated heterocycles. The van der Waals surface area contributed by atoms with Crippen molar-refractivity contribution in [1.29, 1.82) is 0 Å². The highest BCUT2D eigenvalue weighted by Gasteiger charge is 2.12. The van der Waals surface area contributed by atoms with Gasteiger partial charge in [0, 0.05) is 24.9 Å². The zero-order chi connectivity index (χ0) is 10.5. The molecule has 1 aliphatic heterocycles. The number of aliphatic hydroxyl groups is 1. The Bertz CT molecular complexity index is 328. The van der Waals surface area contributed by atoms with Crippen LogP contribution in [-0.4, -0.2) is 25.1 Å². The lowest BCUT2D eigenvalue weighted by molar-refractivity contribution is 0.174. The van der Waals surface area contributed by atoms with Gasteiger partial charge < -0.3 is 19.9 Å². The molecule has 0 aromatic heterocycles. The molecule has 0 aliphatic carbocycles. The van der Waals surface area contributed by atoms with Gasteiger partial charge in [0.25, 0.3) is 0 Å². The molecule has 0 saturated carbocycles. The molecule has 0 atom stereocenters. The minimum atomic E-state index is 0.253. The predicted octanol–water partition coefficient (Wildman–Crippen LogP) is 1.60. The summed E-state index contributed by atoms with van der Waals surface area (Å²) in [5.41, 5.74) is 1.03. The summed E-state index contributed by atoms with van der Waals surface area (Å²) in [6.07, 6.45) is 1.79. The van der Waals surface area contributed by atoms with Gasteiger partial charge in [-0.3, -0.25) is 0 Å². The van der Waals surface area contributed by atoms with E-state index in [0.29, 0.717) is 6.79 Å². The minimum absolute atomic E-state index is 0.253. The van der Waals surface area contributed by atoms with Crippen LogP contribution in [0.15, 0.2) is 18.2 Å². The average molecular weight is 209 g/mol. The fourth-order valence-corrected chi connectivity index (χ4v) is 1.48. The van der Waals surface area contributed by atoms with Gasteiger partial charge in [0.05, 0.1) is 0 Å². The maximum absolute atomic E-state index is 8.63. The first-order valence-corrected chi connectivity index (χ1v) is 5.14. The van der Waals surface area contributed by atoms with Crippen molar-refractivity contribution >= 4 is 5.69 Å². The fraction of sp³-hybridized carbons (Fsp3) is 0.455. The molecular weight excluding hydrogens is 194 g/mol. The van der Waals surface area contributed by atoms with E-state index in [2.05, 4.69) is 5.32 Å². The second kappa shape index (κ2) is 4.89. The lowest BCUT2D eigenvalue weighted by atomic mass is 10.2. The Morgan fingerprint density at radius 2 is 2.07 bits per heavy atom. The molecule has 2 N–H and O–H groups in total. The van der Waals surface area contributed by atoms with Gasteiger partial charge in [0.15, 0.2) is 11.5 Å². The Morgan fingerprint density at radius 1 is 1.20 bits per heavy atom. The van der Waals surface area contributed by atoms with Crippen LogP contribution in [0.1, 0.15) is 12.8 Å². The smallest absolute Gasteiger partial charge is 0.231 e. The first kappa shape index (κ1) is 10.1. The summed E-state index contributed by atoms with van der Waals surface area (Å²) >= 11 is 0. The van der Waals surface area contributed by atoms with Gasteiger partial charge >= 0.3 is 0 Å². The number of ether oxygens (including phenoxy) is 2. The van der Waals surface area contributed by atoms with E-state index in [1.165, 1.54) is 0 Å². The quantitative estimate of drug-likeness (QED) is 0.723. The molecule has 1 heterocycles.